The molecule has 7 heteroatoms. The molecule has 2 aromatic heterocycles. The Hall–Kier alpha value is -1.18. The molecular weight excluding hydrogens is 412 g/mol. The molecule has 2 atom stereocenters. The van der Waals surface area contributed by atoms with Crippen molar-refractivity contribution in [1.29, 1.82) is 0 Å². The van der Waals surface area contributed by atoms with Crippen LogP contribution in [0, 0.1) is 0 Å². The van der Waals surface area contributed by atoms with Crippen LogP contribution in [0.2, 0.25) is 0 Å². The molecule has 2 aromatic rings. The summed E-state index contributed by atoms with van der Waals surface area (Å²) in [5, 5.41) is 10.2. The van der Waals surface area contributed by atoms with E-state index in [0.717, 1.165) is 41.7 Å². The maximum atomic E-state index is 5.97. The van der Waals surface area contributed by atoms with Crippen LogP contribution in [0.25, 0.3) is 10.2 Å². The topological polar surface area (TPSA) is 49.8 Å². The standard InChI is InChI=1S/C19H25BrN4OS/c1-19(2,3)23-16-10-12(20)18-13(22-16)11-15(26-18)14-7-8-21-24(14)17-6-4-5-9-25-17/h8,10-11,14,17H,4-7,9H2,1-3H3,(H,22,23). The van der Waals surface area contributed by atoms with Gasteiger partial charge in [-0.3, -0.25) is 5.01 Å². The summed E-state index contributed by atoms with van der Waals surface area (Å²) in [6, 6.07) is 4.54. The third-order valence-electron chi connectivity index (χ3n) is 4.60. The quantitative estimate of drug-likeness (QED) is 0.686. The Balaban J connectivity index is 1.63. The van der Waals surface area contributed by atoms with Crippen molar-refractivity contribution in [3.8, 4) is 0 Å². The fraction of sp³-hybridized carbons (Fsp3) is 0.579. The number of halogens is 1. The largest absolute Gasteiger partial charge is 0.365 e. The molecule has 140 valence electrons. The third-order valence-corrected chi connectivity index (χ3v) is 6.74. The van der Waals surface area contributed by atoms with Crippen LogP contribution in [-0.4, -0.2) is 34.6 Å². The number of ether oxygens (including phenoxy) is 1. The lowest BCUT2D eigenvalue weighted by atomic mass is 10.1. The number of nitrogens with one attached hydrogen (secondary N) is 1. The van der Waals surface area contributed by atoms with Crippen molar-refractivity contribution in [2.45, 2.75) is 64.3 Å². The van der Waals surface area contributed by atoms with Gasteiger partial charge in [-0.05, 0) is 68.1 Å². The van der Waals surface area contributed by atoms with E-state index < -0.39 is 0 Å². The molecule has 1 saturated heterocycles. The summed E-state index contributed by atoms with van der Waals surface area (Å²) < 4.78 is 8.25. The first-order valence-corrected chi connectivity index (χ1v) is 10.8. The van der Waals surface area contributed by atoms with Crippen LogP contribution < -0.4 is 5.32 Å². The number of hydrazone groups is 1. The molecule has 0 radical (unpaired) electrons. The van der Waals surface area contributed by atoms with Crippen LogP contribution in [0.15, 0.2) is 21.7 Å². The molecule has 0 saturated carbocycles. The zero-order valence-corrected chi connectivity index (χ0v) is 17.9. The minimum Gasteiger partial charge on any atom is -0.365 e. The van der Waals surface area contributed by atoms with Crippen molar-refractivity contribution in [3.05, 3.63) is 21.5 Å². The molecule has 1 fully saturated rings. The van der Waals surface area contributed by atoms with Crippen LogP contribution in [0.3, 0.4) is 0 Å². The molecule has 26 heavy (non-hydrogen) atoms. The highest BCUT2D eigenvalue weighted by atomic mass is 79.9. The van der Waals surface area contributed by atoms with Gasteiger partial charge in [0.1, 0.15) is 12.0 Å². The van der Waals surface area contributed by atoms with Gasteiger partial charge in [-0.15, -0.1) is 11.3 Å². The van der Waals surface area contributed by atoms with Crippen molar-refractivity contribution in [2.24, 2.45) is 5.10 Å². The van der Waals surface area contributed by atoms with Gasteiger partial charge in [0.25, 0.3) is 0 Å². The van der Waals surface area contributed by atoms with E-state index in [1.165, 1.54) is 16.0 Å². The van der Waals surface area contributed by atoms with E-state index in [9.17, 15) is 0 Å². The number of fused-ring (bicyclic) bond motifs is 1. The monoisotopic (exact) mass is 436 g/mol. The number of hydrogen-bond donors (Lipinski definition) is 1. The van der Waals surface area contributed by atoms with Crippen LogP contribution in [0.5, 0.6) is 0 Å². The van der Waals surface area contributed by atoms with Crippen LogP contribution in [0.1, 0.15) is 57.4 Å². The number of nitrogens with zero attached hydrogens (tertiary/aromatic N) is 3. The lowest BCUT2D eigenvalue weighted by molar-refractivity contribution is -0.0972. The fourth-order valence-electron chi connectivity index (χ4n) is 3.50. The summed E-state index contributed by atoms with van der Waals surface area (Å²) in [6.45, 7) is 7.27. The van der Waals surface area contributed by atoms with Gasteiger partial charge >= 0.3 is 0 Å². The molecule has 0 aromatic carbocycles. The third kappa shape index (κ3) is 3.75. The van der Waals surface area contributed by atoms with Gasteiger partial charge in [-0.25, -0.2) is 4.98 Å². The van der Waals surface area contributed by atoms with Crippen molar-refractivity contribution in [3.63, 3.8) is 0 Å². The number of rotatable bonds is 3. The second-order valence-electron chi connectivity index (χ2n) is 7.98. The second kappa shape index (κ2) is 7.09. The summed E-state index contributed by atoms with van der Waals surface area (Å²) in [7, 11) is 0. The lowest BCUT2D eigenvalue weighted by Crippen LogP contribution is -2.36. The Kier molecular flexibility index (Phi) is 4.96. The molecule has 4 heterocycles. The lowest BCUT2D eigenvalue weighted by Gasteiger charge is -2.33. The summed E-state index contributed by atoms with van der Waals surface area (Å²) >= 11 is 5.53. The van der Waals surface area contributed by atoms with E-state index in [0.29, 0.717) is 0 Å². The average molecular weight is 437 g/mol. The first-order chi connectivity index (χ1) is 12.4. The first kappa shape index (κ1) is 18.2. The number of hydrogen-bond acceptors (Lipinski definition) is 6. The average Bonchev–Trinajstić information content (AvgIpc) is 3.20. The van der Waals surface area contributed by atoms with Gasteiger partial charge in [-0.1, -0.05) is 0 Å². The SMILES string of the molecule is CC(C)(C)Nc1cc(Br)c2sc(C3CC=NN3C3CCCCO3)cc2n1. The van der Waals surface area contributed by atoms with Gasteiger partial charge in [0.2, 0.25) is 0 Å². The predicted molar refractivity (Wildman–Crippen MR) is 112 cm³/mol. The van der Waals surface area contributed by atoms with Gasteiger partial charge in [0.05, 0.1) is 16.3 Å². The van der Waals surface area contributed by atoms with Gasteiger partial charge in [0.15, 0.2) is 0 Å². The van der Waals surface area contributed by atoms with Crippen molar-refractivity contribution in [1.82, 2.24) is 9.99 Å². The van der Waals surface area contributed by atoms with Gasteiger partial charge in [-0.2, -0.15) is 5.10 Å². The molecule has 0 spiro atoms. The summed E-state index contributed by atoms with van der Waals surface area (Å²) in [6.07, 6.45) is 6.47. The maximum absolute atomic E-state index is 5.97. The van der Waals surface area contributed by atoms with Crippen molar-refractivity contribution in [2.75, 3.05) is 11.9 Å². The number of pyridine rings is 1. The highest BCUT2D eigenvalue weighted by Crippen LogP contribution is 2.41. The highest BCUT2D eigenvalue weighted by Gasteiger charge is 2.32. The number of thiophene rings is 1. The van der Waals surface area contributed by atoms with E-state index in [-0.39, 0.29) is 17.8 Å². The van der Waals surface area contributed by atoms with Crippen LogP contribution in [-0.2, 0) is 4.74 Å². The van der Waals surface area contributed by atoms with E-state index in [1.54, 1.807) is 11.3 Å². The molecular formula is C19H25BrN4OS. The molecule has 0 amide bonds. The fourth-order valence-corrected chi connectivity index (χ4v) is 5.27. The van der Waals surface area contributed by atoms with Crippen LogP contribution in [0.4, 0.5) is 5.82 Å². The zero-order valence-electron chi connectivity index (χ0n) is 15.5. The van der Waals surface area contributed by atoms with Gasteiger partial charge < -0.3 is 10.1 Å². The molecule has 5 nitrogen and oxygen atoms in total. The molecule has 4 rings (SSSR count). The summed E-state index contributed by atoms with van der Waals surface area (Å²) in [4.78, 5) is 6.13. The van der Waals surface area contributed by atoms with Crippen LogP contribution >= 0.6 is 27.3 Å². The second-order valence-corrected chi connectivity index (χ2v) is 9.92. The van der Waals surface area contributed by atoms with E-state index in [2.05, 4.69) is 64.3 Å². The Morgan fingerprint density at radius 3 is 2.88 bits per heavy atom. The number of aromatic nitrogens is 1. The zero-order chi connectivity index (χ0) is 18.3. The first-order valence-electron chi connectivity index (χ1n) is 9.21. The molecule has 0 aliphatic carbocycles. The summed E-state index contributed by atoms with van der Waals surface area (Å²) in [5.74, 6) is 0.899. The van der Waals surface area contributed by atoms with E-state index in [1.807, 2.05) is 6.21 Å². The van der Waals surface area contributed by atoms with Crippen molar-refractivity contribution < 1.29 is 4.74 Å². The van der Waals surface area contributed by atoms with Gasteiger partial charge in [0, 0.05) is 34.1 Å². The minimum atomic E-state index is -0.0205. The number of anilines is 1. The van der Waals surface area contributed by atoms with E-state index in [4.69, 9.17) is 9.72 Å². The Bertz CT molecular complexity index is 823. The molecule has 0 bridgehead atoms. The summed E-state index contributed by atoms with van der Waals surface area (Å²) in [5.41, 5.74) is 1.01. The minimum absolute atomic E-state index is 0.0205. The predicted octanol–water partition coefficient (Wildman–Crippen LogP) is 5.53. The smallest absolute Gasteiger partial charge is 0.146 e. The van der Waals surface area contributed by atoms with E-state index >= 15 is 0 Å². The highest BCUT2D eigenvalue weighted by molar-refractivity contribution is 9.10. The maximum Gasteiger partial charge on any atom is 0.146 e. The normalized spacial score (nSPS) is 23.8. The molecule has 2 unspecified atom stereocenters. The Labute approximate surface area is 166 Å². The van der Waals surface area contributed by atoms with Crippen molar-refractivity contribution >= 4 is 49.5 Å². The Morgan fingerprint density at radius 1 is 1.31 bits per heavy atom. The molecule has 1 N–H and O–H groups in total. The molecule has 2 aliphatic heterocycles. The Morgan fingerprint density at radius 2 is 2.15 bits per heavy atom. The molecule has 2 aliphatic rings.